The van der Waals surface area contributed by atoms with E-state index in [0.29, 0.717) is 30.3 Å². The van der Waals surface area contributed by atoms with Crippen molar-refractivity contribution in [2.24, 2.45) is 5.92 Å². The number of carbonyl (C=O) groups is 2. The predicted molar refractivity (Wildman–Crippen MR) is 79.8 cm³/mol. The average Bonchev–Trinajstić information content (AvgIpc) is 2.70. The molecule has 108 valence electrons. The molecule has 0 aromatic heterocycles. The summed E-state index contributed by atoms with van der Waals surface area (Å²) in [5, 5.41) is 3.57. The van der Waals surface area contributed by atoms with Gasteiger partial charge in [0.25, 0.3) is 0 Å². The first-order valence-electron chi connectivity index (χ1n) is 6.81. The zero-order valence-corrected chi connectivity index (χ0v) is 12.5. The quantitative estimate of drug-likeness (QED) is 0.928. The largest absolute Gasteiger partial charge is 0.351 e. The van der Waals surface area contributed by atoms with Crippen LogP contribution in [0, 0.1) is 5.92 Å². The summed E-state index contributed by atoms with van der Waals surface area (Å²) in [6, 6.07) is 7.05. The second kappa shape index (κ2) is 6.27. The summed E-state index contributed by atoms with van der Waals surface area (Å²) in [7, 11) is 0. The monoisotopic (exact) mass is 294 g/mol. The lowest BCUT2D eigenvalue weighted by Crippen LogP contribution is -2.37. The van der Waals surface area contributed by atoms with E-state index in [2.05, 4.69) is 5.32 Å². The zero-order valence-electron chi connectivity index (χ0n) is 11.7. The van der Waals surface area contributed by atoms with Gasteiger partial charge >= 0.3 is 0 Å². The molecule has 5 heteroatoms. The smallest absolute Gasteiger partial charge is 0.229 e. The molecule has 1 atom stereocenters. The molecule has 2 amide bonds. The molecule has 1 N–H and O–H groups in total. The number of hydrogen-bond donors (Lipinski definition) is 1. The summed E-state index contributed by atoms with van der Waals surface area (Å²) in [6.07, 6.45) is 0.845. The number of hydrogen-bond acceptors (Lipinski definition) is 2. The Balaban J connectivity index is 1.97. The molecule has 0 spiro atoms. The van der Waals surface area contributed by atoms with Crippen molar-refractivity contribution in [1.82, 2.24) is 5.32 Å². The lowest BCUT2D eigenvalue weighted by molar-refractivity contribution is -0.122. The van der Waals surface area contributed by atoms with E-state index in [1.165, 1.54) is 0 Å². The van der Waals surface area contributed by atoms with Crippen LogP contribution in [0.25, 0.3) is 0 Å². The Morgan fingerprint density at radius 3 is 2.65 bits per heavy atom. The first-order valence-corrected chi connectivity index (χ1v) is 7.19. The van der Waals surface area contributed by atoms with Crippen molar-refractivity contribution >= 4 is 29.1 Å². The minimum absolute atomic E-state index is 0.00996. The maximum atomic E-state index is 12.0. The number of carbonyl (C=O) groups excluding carboxylic acids is 2. The summed E-state index contributed by atoms with van der Waals surface area (Å²) in [5.74, 6) is 0.359. The molecule has 0 saturated carbocycles. The molecule has 1 heterocycles. The molecular weight excluding hydrogens is 276 g/mol. The first-order chi connectivity index (χ1) is 9.45. The number of benzene rings is 1. The third-order valence-corrected chi connectivity index (χ3v) is 3.47. The van der Waals surface area contributed by atoms with Crippen LogP contribution in [-0.2, 0) is 9.59 Å². The Bertz CT molecular complexity index is 499. The Morgan fingerprint density at radius 1 is 1.40 bits per heavy atom. The van der Waals surface area contributed by atoms with Crippen molar-refractivity contribution < 1.29 is 9.59 Å². The van der Waals surface area contributed by atoms with Crippen LogP contribution >= 0.6 is 11.6 Å². The van der Waals surface area contributed by atoms with Crippen LogP contribution in [0.1, 0.15) is 26.7 Å². The van der Waals surface area contributed by atoms with Crippen molar-refractivity contribution in [3.8, 4) is 0 Å². The number of nitrogens with zero attached hydrogens (tertiary/aromatic N) is 1. The Kier molecular flexibility index (Phi) is 4.65. The molecule has 1 unspecified atom stereocenters. The van der Waals surface area contributed by atoms with Crippen LogP contribution in [0.15, 0.2) is 24.3 Å². The van der Waals surface area contributed by atoms with E-state index in [0.717, 1.165) is 5.69 Å². The van der Waals surface area contributed by atoms with Crippen molar-refractivity contribution in [2.75, 3.05) is 11.4 Å². The molecule has 1 aromatic rings. The molecule has 1 aliphatic rings. The van der Waals surface area contributed by atoms with Crippen LogP contribution in [0.4, 0.5) is 5.69 Å². The second-order valence-corrected chi connectivity index (χ2v) is 5.98. The van der Waals surface area contributed by atoms with Crippen molar-refractivity contribution in [3.63, 3.8) is 0 Å². The first kappa shape index (κ1) is 14.9. The van der Waals surface area contributed by atoms with Gasteiger partial charge in [0.2, 0.25) is 11.8 Å². The lowest BCUT2D eigenvalue weighted by atomic mass is 10.1. The minimum Gasteiger partial charge on any atom is -0.351 e. The molecule has 0 bridgehead atoms. The highest BCUT2D eigenvalue weighted by Gasteiger charge is 2.31. The van der Waals surface area contributed by atoms with Gasteiger partial charge in [0.15, 0.2) is 0 Å². The molecule has 1 saturated heterocycles. The Labute approximate surface area is 124 Å². The molecule has 1 fully saturated rings. The molecule has 20 heavy (non-hydrogen) atoms. The van der Waals surface area contributed by atoms with E-state index in [-0.39, 0.29) is 17.9 Å². The standard InChI is InChI=1S/C15H19ClN2O2/c1-10(2)7-14(19)17-12-8-15(20)18(9-12)13-5-3-11(16)4-6-13/h3-6,10,12H,7-9H2,1-2H3,(H,17,19). The highest BCUT2D eigenvalue weighted by Crippen LogP contribution is 2.23. The number of halogens is 1. The van der Waals surface area contributed by atoms with Gasteiger partial charge in [-0.2, -0.15) is 0 Å². The topological polar surface area (TPSA) is 49.4 Å². The summed E-state index contributed by atoms with van der Waals surface area (Å²) in [5.41, 5.74) is 0.819. The van der Waals surface area contributed by atoms with E-state index in [1.807, 2.05) is 26.0 Å². The highest BCUT2D eigenvalue weighted by atomic mass is 35.5. The summed E-state index contributed by atoms with van der Waals surface area (Å²) < 4.78 is 0. The highest BCUT2D eigenvalue weighted by molar-refractivity contribution is 6.30. The average molecular weight is 295 g/mol. The van der Waals surface area contributed by atoms with E-state index >= 15 is 0 Å². The molecule has 1 aromatic carbocycles. The lowest BCUT2D eigenvalue weighted by Gasteiger charge is -2.17. The Hall–Kier alpha value is -1.55. The van der Waals surface area contributed by atoms with Gasteiger partial charge in [0, 0.05) is 30.1 Å². The Morgan fingerprint density at radius 2 is 2.05 bits per heavy atom. The fourth-order valence-corrected chi connectivity index (χ4v) is 2.46. The van der Waals surface area contributed by atoms with Crippen LogP contribution in [0.2, 0.25) is 5.02 Å². The number of nitrogens with one attached hydrogen (secondary N) is 1. The summed E-state index contributed by atoms with van der Waals surface area (Å²) in [6.45, 7) is 4.52. The van der Waals surface area contributed by atoms with Crippen molar-refractivity contribution in [1.29, 1.82) is 0 Å². The molecule has 2 rings (SSSR count). The number of rotatable bonds is 4. The van der Waals surface area contributed by atoms with Crippen molar-refractivity contribution in [2.45, 2.75) is 32.7 Å². The minimum atomic E-state index is -0.107. The SMILES string of the molecule is CC(C)CC(=O)NC1CC(=O)N(c2ccc(Cl)cc2)C1. The summed E-state index contributed by atoms with van der Waals surface area (Å²) in [4.78, 5) is 25.5. The molecule has 4 nitrogen and oxygen atoms in total. The van der Waals surface area contributed by atoms with Crippen LogP contribution in [0.3, 0.4) is 0 Å². The van der Waals surface area contributed by atoms with Crippen LogP contribution in [0.5, 0.6) is 0 Å². The number of anilines is 1. The zero-order chi connectivity index (χ0) is 14.7. The van der Waals surface area contributed by atoms with Gasteiger partial charge in [-0.05, 0) is 30.2 Å². The third-order valence-electron chi connectivity index (χ3n) is 3.22. The van der Waals surface area contributed by atoms with Gasteiger partial charge < -0.3 is 10.2 Å². The van der Waals surface area contributed by atoms with Gasteiger partial charge in [-0.15, -0.1) is 0 Å². The fourth-order valence-electron chi connectivity index (χ4n) is 2.33. The van der Waals surface area contributed by atoms with E-state index in [4.69, 9.17) is 11.6 Å². The summed E-state index contributed by atoms with van der Waals surface area (Å²) >= 11 is 5.84. The van der Waals surface area contributed by atoms with E-state index in [1.54, 1.807) is 17.0 Å². The van der Waals surface area contributed by atoms with E-state index in [9.17, 15) is 9.59 Å². The van der Waals surface area contributed by atoms with Crippen LogP contribution < -0.4 is 10.2 Å². The van der Waals surface area contributed by atoms with Gasteiger partial charge in [-0.3, -0.25) is 9.59 Å². The predicted octanol–water partition coefficient (Wildman–Crippen LogP) is 2.61. The molecule has 0 aliphatic carbocycles. The second-order valence-electron chi connectivity index (χ2n) is 5.55. The maximum absolute atomic E-state index is 12.0. The molecule has 0 radical (unpaired) electrons. The van der Waals surface area contributed by atoms with Gasteiger partial charge in [-0.25, -0.2) is 0 Å². The van der Waals surface area contributed by atoms with Gasteiger partial charge in [0.05, 0.1) is 6.04 Å². The normalized spacial score (nSPS) is 18.7. The van der Waals surface area contributed by atoms with Crippen molar-refractivity contribution in [3.05, 3.63) is 29.3 Å². The van der Waals surface area contributed by atoms with Gasteiger partial charge in [-0.1, -0.05) is 25.4 Å². The fraction of sp³-hybridized carbons (Fsp3) is 0.467. The maximum Gasteiger partial charge on any atom is 0.229 e. The van der Waals surface area contributed by atoms with Gasteiger partial charge in [0.1, 0.15) is 0 Å². The van der Waals surface area contributed by atoms with Crippen LogP contribution in [-0.4, -0.2) is 24.4 Å². The third kappa shape index (κ3) is 3.73. The van der Waals surface area contributed by atoms with E-state index < -0.39 is 0 Å². The molecular formula is C15H19ClN2O2. The number of amides is 2. The molecule has 1 aliphatic heterocycles.